The molecular weight excluding hydrogens is 288 g/mol. The predicted octanol–water partition coefficient (Wildman–Crippen LogP) is 1.50. The van der Waals surface area contributed by atoms with E-state index in [9.17, 15) is 0 Å². The van der Waals surface area contributed by atoms with Gasteiger partial charge in [0.2, 0.25) is 0 Å². The molecule has 0 rings (SSSR count). The first kappa shape index (κ1) is 21.8. The van der Waals surface area contributed by atoms with Crippen LogP contribution in [0.4, 0.5) is 0 Å². The molecule has 0 bridgehead atoms. The topological polar surface area (TPSA) is 66.4 Å². The lowest BCUT2D eigenvalue weighted by atomic mass is 10.1. The highest BCUT2D eigenvalue weighted by atomic mass is 16.6. The number of aliphatic hydroxyl groups excluding tert-OH is 1. The average molecular weight is 322 g/mol. The maximum Gasteiger partial charge on any atom is 0.0701 e. The van der Waals surface area contributed by atoms with Crippen molar-refractivity contribution in [2.24, 2.45) is 5.92 Å². The summed E-state index contributed by atoms with van der Waals surface area (Å²) in [6.45, 7) is 10.2. The van der Waals surface area contributed by atoms with E-state index >= 15 is 0 Å². The van der Waals surface area contributed by atoms with Crippen molar-refractivity contribution < 1.29 is 28.8 Å². The molecule has 6 nitrogen and oxygen atoms in total. The molecule has 134 valence electrons. The van der Waals surface area contributed by atoms with Crippen LogP contribution >= 0.6 is 0 Å². The van der Waals surface area contributed by atoms with E-state index in [1.807, 2.05) is 0 Å². The van der Waals surface area contributed by atoms with Gasteiger partial charge in [-0.05, 0) is 18.8 Å². The lowest BCUT2D eigenvalue weighted by molar-refractivity contribution is -0.0135. The molecule has 0 heterocycles. The summed E-state index contributed by atoms with van der Waals surface area (Å²) in [5.41, 5.74) is 0. The van der Waals surface area contributed by atoms with Crippen LogP contribution in [0, 0.1) is 5.92 Å². The Morgan fingerprint density at radius 2 is 0.955 bits per heavy atom. The van der Waals surface area contributed by atoms with E-state index in [1.54, 1.807) is 0 Å². The molecule has 0 aliphatic rings. The monoisotopic (exact) mass is 322 g/mol. The highest BCUT2D eigenvalue weighted by molar-refractivity contribution is 4.44. The fourth-order valence-electron chi connectivity index (χ4n) is 1.64. The zero-order valence-electron chi connectivity index (χ0n) is 14.3. The zero-order valence-corrected chi connectivity index (χ0v) is 14.3. The third kappa shape index (κ3) is 19.8. The maximum absolute atomic E-state index is 8.50. The molecule has 0 aliphatic heterocycles. The van der Waals surface area contributed by atoms with Crippen LogP contribution in [0.2, 0.25) is 0 Å². The second-order valence-corrected chi connectivity index (χ2v) is 5.32. The van der Waals surface area contributed by atoms with E-state index in [-0.39, 0.29) is 6.61 Å². The Labute approximate surface area is 135 Å². The summed E-state index contributed by atoms with van der Waals surface area (Å²) >= 11 is 0. The van der Waals surface area contributed by atoms with Gasteiger partial charge in [0.15, 0.2) is 0 Å². The Morgan fingerprint density at radius 3 is 1.32 bits per heavy atom. The third-order valence-corrected chi connectivity index (χ3v) is 2.79. The van der Waals surface area contributed by atoms with Crippen molar-refractivity contribution >= 4 is 0 Å². The smallest absolute Gasteiger partial charge is 0.0701 e. The first-order valence-corrected chi connectivity index (χ1v) is 8.27. The maximum atomic E-state index is 8.50. The summed E-state index contributed by atoms with van der Waals surface area (Å²) in [6, 6.07) is 0. The normalized spacial score (nSPS) is 11.5. The van der Waals surface area contributed by atoms with Crippen LogP contribution < -0.4 is 0 Å². The SMILES string of the molecule is CC(C)CCCOCCOCCOCCOCCOCCO. The van der Waals surface area contributed by atoms with Crippen LogP contribution in [0.15, 0.2) is 0 Å². The second kappa shape index (κ2) is 18.8. The summed E-state index contributed by atoms with van der Waals surface area (Å²) in [5, 5.41) is 8.50. The summed E-state index contributed by atoms with van der Waals surface area (Å²) in [7, 11) is 0. The molecule has 0 aliphatic carbocycles. The van der Waals surface area contributed by atoms with Crippen molar-refractivity contribution in [1.82, 2.24) is 0 Å². The minimum atomic E-state index is 0.0477. The molecule has 0 saturated carbocycles. The second-order valence-electron chi connectivity index (χ2n) is 5.32. The van der Waals surface area contributed by atoms with Crippen molar-refractivity contribution in [3.8, 4) is 0 Å². The zero-order chi connectivity index (χ0) is 16.3. The van der Waals surface area contributed by atoms with Crippen LogP contribution in [0.1, 0.15) is 26.7 Å². The van der Waals surface area contributed by atoms with Crippen molar-refractivity contribution in [2.75, 3.05) is 72.7 Å². The van der Waals surface area contributed by atoms with Crippen molar-refractivity contribution in [2.45, 2.75) is 26.7 Å². The molecule has 0 atom stereocenters. The molecule has 22 heavy (non-hydrogen) atoms. The van der Waals surface area contributed by atoms with Gasteiger partial charge < -0.3 is 28.8 Å². The molecule has 0 radical (unpaired) electrons. The van der Waals surface area contributed by atoms with Gasteiger partial charge >= 0.3 is 0 Å². The summed E-state index contributed by atoms with van der Waals surface area (Å²) in [5.74, 6) is 0.744. The molecule has 0 fully saturated rings. The largest absolute Gasteiger partial charge is 0.394 e. The van der Waals surface area contributed by atoms with Crippen LogP contribution in [0.25, 0.3) is 0 Å². The number of rotatable bonds is 18. The van der Waals surface area contributed by atoms with Gasteiger partial charge in [0.25, 0.3) is 0 Å². The predicted molar refractivity (Wildman–Crippen MR) is 85.3 cm³/mol. The Kier molecular flexibility index (Phi) is 18.6. The molecule has 0 saturated heterocycles. The van der Waals surface area contributed by atoms with Crippen molar-refractivity contribution in [1.29, 1.82) is 0 Å². The number of hydrogen-bond donors (Lipinski definition) is 1. The van der Waals surface area contributed by atoms with Gasteiger partial charge in [-0.3, -0.25) is 0 Å². The number of aliphatic hydroxyl groups is 1. The average Bonchev–Trinajstić information content (AvgIpc) is 2.50. The standard InChI is InChI=1S/C16H34O6/c1-16(2)4-3-6-18-8-10-20-12-14-22-15-13-21-11-9-19-7-5-17/h16-17H,3-15H2,1-2H3. The molecule has 0 unspecified atom stereocenters. The summed E-state index contributed by atoms with van der Waals surface area (Å²) in [4.78, 5) is 0. The van der Waals surface area contributed by atoms with Crippen LogP contribution in [-0.2, 0) is 23.7 Å². The van der Waals surface area contributed by atoms with Crippen LogP contribution in [-0.4, -0.2) is 77.8 Å². The summed E-state index contributed by atoms with van der Waals surface area (Å²) < 4.78 is 26.6. The van der Waals surface area contributed by atoms with E-state index < -0.39 is 0 Å². The Bertz CT molecular complexity index is 201. The molecule has 6 heteroatoms. The number of hydrogen-bond acceptors (Lipinski definition) is 6. The van der Waals surface area contributed by atoms with Gasteiger partial charge in [-0.1, -0.05) is 13.8 Å². The first-order valence-electron chi connectivity index (χ1n) is 8.27. The van der Waals surface area contributed by atoms with E-state index in [1.165, 1.54) is 6.42 Å². The van der Waals surface area contributed by atoms with Gasteiger partial charge in [0.1, 0.15) is 0 Å². The first-order chi connectivity index (χ1) is 10.8. The van der Waals surface area contributed by atoms with E-state index in [4.69, 9.17) is 28.8 Å². The van der Waals surface area contributed by atoms with E-state index in [0.717, 1.165) is 18.9 Å². The van der Waals surface area contributed by atoms with Crippen molar-refractivity contribution in [3.63, 3.8) is 0 Å². The van der Waals surface area contributed by atoms with E-state index in [2.05, 4.69) is 13.8 Å². The summed E-state index contributed by atoms with van der Waals surface area (Å²) in [6.07, 6.45) is 2.33. The van der Waals surface area contributed by atoms with Gasteiger partial charge in [-0.15, -0.1) is 0 Å². The Hall–Kier alpha value is -0.240. The lowest BCUT2D eigenvalue weighted by Gasteiger charge is -2.08. The highest BCUT2D eigenvalue weighted by Gasteiger charge is 1.95. The van der Waals surface area contributed by atoms with E-state index in [0.29, 0.717) is 59.5 Å². The molecule has 0 aromatic carbocycles. The minimum Gasteiger partial charge on any atom is -0.394 e. The van der Waals surface area contributed by atoms with Gasteiger partial charge in [0.05, 0.1) is 66.1 Å². The lowest BCUT2D eigenvalue weighted by Crippen LogP contribution is -2.13. The molecule has 0 amide bonds. The molecule has 0 spiro atoms. The minimum absolute atomic E-state index is 0.0477. The third-order valence-electron chi connectivity index (χ3n) is 2.79. The Morgan fingerprint density at radius 1 is 0.591 bits per heavy atom. The molecule has 1 N–H and O–H groups in total. The van der Waals surface area contributed by atoms with Gasteiger partial charge in [0, 0.05) is 6.61 Å². The fourth-order valence-corrected chi connectivity index (χ4v) is 1.64. The van der Waals surface area contributed by atoms with Crippen molar-refractivity contribution in [3.05, 3.63) is 0 Å². The highest BCUT2D eigenvalue weighted by Crippen LogP contribution is 2.02. The molecule has 0 aromatic rings. The molecular formula is C16H34O6. The molecule has 0 aromatic heterocycles. The number of ether oxygens (including phenoxy) is 5. The van der Waals surface area contributed by atoms with Gasteiger partial charge in [-0.2, -0.15) is 0 Å². The quantitative estimate of drug-likeness (QED) is 0.386. The van der Waals surface area contributed by atoms with Gasteiger partial charge in [-0.25, -0.2) is 0 Å². The fraction of sp³-hybridized carbons (Fsp3) is 1.00. The van der Waals surface area contributed by atoms with Crippen LogP contribution in [0.3, 0.4) is 0 Å². The van der Waals surface area contributed by atoms with Crippen LogP contribution in [0.5, 0.6) is 0 Å². The Balaban J connectivity index is 2.94.